The molecule has 1 fully saturated rings. The number of carbonyl (C=O) groups excluding carboxylic acids is 1. The van der Waals surface area contributed by atoms with E-state index in [1.54, 1.807) is 13.8 Å². The normalized spacial score (nSPS) is 21.5. The smallest absolute Gasteiger partial charge is 0.337 e. The van der Waals surface area contributed by atoms with Gasteiger partial charge in [-0.25, -0.2) is 4.79 Å². The molecule has 5 nitrogen and oxygen atoms in total. The van der Waals surface area contributed by atoms with Gasteiger partial charge in [0.05, 0.1) is 12.7 Å². The fourth-order valence-electron chi connectivity index (χ4n) is 7.59. The Labute approximate surface area is 320 Å². The molecule has 1 aliphatic heterocycles. The van der Waals surface area contributed by atoms with Crippen molar-refractivity contribution in [1.29, 1.82) is 0 Å². The van der Waals surface area contributed by atoms with Crippen LogP contribution >= 0.6 is 22.6 Å². The summed E-state index contributed by atoms with van der Waals surface area (Å²) in [6.07, 6.45) is 11.4. The zero-order valence-corrected chi connectivity index (χ0v) is 34.1. The molecule has 0 bridgehead atoms. The summed E-state index contributed by atoms with van der Waals surface area (Å²) in [5.74, 6) is 1.19. The lowest BCUT2D eigenvalue weighted by molar-refractivity contribution is -0.203. The predicted octanol–water partition coefficient (Wildman–Crippen LogP) is 9.86. The van der Waals surface area contributed by atoms with Gasteiger partial charge in [-0.3, -0.25) is 0 Å². The lowest BCUT2D eigenvalue weighted by Crippen LogP contribution is -2.66. The fourth-order valence-corrected chi connectivity index (χ4v) is 12.7. The standard InChI is InChI=1S/C44H53IO5Si/c1-32-18-24-40(35(29-32)26-27-45)41(25-23-37-30-42(46)50-44(6,7)49-37)48-36-21-19-34(20-22-36)28-33(2)31-47-51(43(3,4)5,38-14-10-8-11-15-38)39-16-12-9-13-17-39/h8-17,19-23,25-27,30,32,35,40-41H,2,18,24,28-29,31H2,1,3-7H3/b25-23+,27-26+/t32-,35-,40-,41-/m1/s1. The average Bonchev–Trinajstić information content (AvgIpc) is 3.07. The van der Waals surface area contributed by atoms with E-state index in [1.165, 1.54) is 16.4 Å². The van der Waals surface area contributed by atoms with E-state index in [4.69, 9.17) is 18.6 Å². The zero-order valence-electron chi connectivity index (χ0n) is 30.9. The Morgan fingerprint density at radius 2 is 1.61 bits per heavy atom. The summed E-state index contributed by atoms with van der Waals surface area (Å²) in [5, 5.41) is 2.43. The molecule has 0 aromatic heterocycles. The highest BCUT2D eigenvalue weighted by atomic mass is 127. The Morgan fingerprint density at radius 1 is 0.980 bits per heavy atom. The maximum absolute atomic E-state index is 12.2. The van der Waals surface area contributed by atoms with Gasteiger partial charge in [0.1, 0.15) is 17.6 Å². The van der Waals surface area contributed by atoms with Gasteiger partial charge in [-0.15, -0.1) is 0 Å². The third kappa shape index (κ3) is 9.93. The second-order valence-corrected chi connectivity index (χ2v) is 20.5. The molecule has 270 valence electrons. The maximum atomic E-state index is 12.2. The SMILES string of the molecule is C=C(CO[Si](c1ccccc1)(c1ccccc1)C(C)(C)C)Cc1ccc(O[C@H](/C=C/C2=CC(=O)OC(C)(C)O2)[C@@H]2CC[C@@H](C)C[C@H]2/C=C/I)cc1. The molecule has 4 atom stereocenters. The van der Waals surface area contributed by atoms with Gasteiger partial charge in [0, 0.05) is 19.8 Å². The average molecular weight is 817 g/mol. The lowest BCUT2D eigenvalue weighted by Gasteiger charge is -2.43. The quantitative estimate of drug-likeness (QED) is 0.0745. The van der Waals surface area contributed by atoms with Gasteiger partial charge in [-0.2, -0.15) is 0 Å². The predicted molar refractivity (Wildman–Crippen MR) is 219 cm³/mol. The number of carbonyl (C=O) groups is 1. The summed E-state index contributed by atoms with van der Waals surface area (Å²) in [7, 11) is -2.65. The number of rotatable bonds is 13. The van der Waals surface area contributed by atoms with Crippen LogP contribution in [0.15, 0.2) is 131 Å². The zero-order chi connectivity index (χ0) is 36.6. The Kier molecular flexibility index (Phi) is 12.9. The molecule has 0 spiro atoms. The summed E-state index contributed by atoms with van der Waals surface area (Å²) in [6, 6.07) is 29.8. The van der Waals surface area contributed by atoms with E-state index in [-0.39, 0.29) is 17.1 Å². The van der Waals surface area contributed by atoms with Crippen molar-refractivity contribution in [2.24, 2.45) is 17.8 Å². The van der Waals surface area contributed by atoms with Crippen LogP contribution in [0, 0.1) is 17.8 Å². The van der Waals surface area contributed by atoms with Crippen LogP contribution in [0.2, 0.25) is 5.04 Å². The Hall–Kier alpha value is -3.40. The van der Waals surface area contributed by atoms with E-state index in [1.807, 2.05) is 12.2 Å². The van der Waals surface area contributed by atoms with Gasteiger partial charge in [-0.05, 0) is 86.0 Å². The molecule has 5 rings (SSSR count). The minimum atomic E-state index is -2.65. The topological polar surface area (TPSA) is 54.0 Å². The van der Waals surface area contributed by atoms with Crippen molar-refractivity contribution in [2.45, 2.75) is 84.2 Å². The molecule has 0 saturated heterocycles. The number of benzene rings is 3. The van der Waals surface area contributed by atoms with Crippen LogP contribution in [-0.2, 0) is 25.1 Å². The minimum Gasteiger partial charge on any atom is -0.486 e. The number of esters is 1. The van der Waals surface area contributed by atoms with Crippen LogP contribution in [0.1, 0.15) is 66.4 Å². The highest BCUT2D eigenvalue weighted by molar-refractivity contribution is 14.1. The molecule has 1 saturated carbocycles. The van der Waals surface area contributed by atoms with Crippen molar-refractivity contribution in [3.05, 3.63) is 137 Å². The van der Waals surface area contributed by atoms with Crippen molar-refractivity contribution >= 4 is 47.3 Å². The van der Waals surface area contributed by atoms with Crippen molar-refractivity contribution in [3.63, 3.8) is 0 Å². The first-order valence-corrected chi connectivity index (χ1v) is 21.2. The number of allylic oxidation sites excluding steroid dienone is 2. The van der Waals surface area contributed by atoms with E-state index in [9.17, 15) is 4.79 Å². The van der Waals surface area contributed by atoms with Crippen molar-refractivity contribution in [1.82, 2.24) is 0 Å². The van der Waals surface area contributed by atoms with Crippen LogP contribution in [-0.4, -0.2) is 32.8 Å². The lowest BCUT2D eigenvalue weighted by atomic mass is 9.72. The van der Waals surface area contributed by atoms with E-state index >= 15 is 0 Å². The Bertz CT molecular complexity index is 1670. The largest absolute Gasteiger partial charge is 0.486 e. The second-order valence-electron chi connectivity index (χ2n) is 15.5. The molecule has 2 aliphatic rings. The highest BCUT2D eigenvalue weighted by Crippen LogP contribution is 2.40. The summed E-state index contributed by atoms with van der Waals surface area (Å²) >= 11 is 2.32. The van der Waals surface area contributed by atoms with Crippen LogP contribution in [0.3, 0.4) is 0 Å². The van der Waals surface area contributed by atoms with E-state index in [0.29, 0.717) is 30.6 Å². The number of cyclic esters (lactones) is 1. The van der Waals surface area contributed by atoms with Crippen LogP contribution in [0.25, 0.3) is 0 Å². The second kappa shape index (κ2) is 17.0. The fraction of sp³-hybridized carbons (Fsp3) is 0.386. The first-order chi connectivity index (χ1) is 24.3. The van der Waals surface area contributed by atoms with Gasteiger partial charge in [-0.1, -0.05) is 142 Å². The molecule has 7 heteroatoms. The Balaban J connectivity index is 1.32. The number of hydrogen-bond donors (Lipinski definition) is 0. The molecule has 1 aliphatic carbocycles. The third-order valence-electron chi connectivity index (χ3n) is 9.94. The van der Waals surface area contributed by atoms with E-state index < -0.39 is 20.1 Å². The number of hydrogen-bond acceptors (Lipinski definition) is 5. The highest BCUT2D eigenvalue weighted by Gasteiger charge is 2.50. The molecule has 0 amide bonds. The minimum absolute atomic E-state index is 0.0962. The molecule has 0 N–H and O–H groups in total. The molecular formula is C44H53IO5Si. The van der Waals surface area contributed by atoms with Gasteiger partial charge in [0.2, 0.25) is 5.79 Å². The first kappa shape index (κ1) is 38.8. The summed E-state index contributed by atoms with van der Waals surface area (Å²) in [5.41, 5.74) is 2.19. The molecule has 3 aromatic carbocycles. The van der Waals surface area contributed by atoms with Gasteiger partial charge >= 0.3 is 5.97 Å². The third-order valence-corrected chi connectivity index (χ3v) is 15.3. The number of ether oxygens (including phenoxy) is 3. The van der Waals surface area contributed by atoms with E-state index in [2.05, 4.69) is 152 Å². The summed E-state index contributed by atoms with van der Waals surface area (Å²) < 4.78 is 27.2. The maximum Gasteiger partial charge on any atom is 0.337 e. The molecule has 0 unspecified atom stereocenters. The molecule has 51 heavy (non-hydrogen) atoms. The van der Waals surface area contributed by atoms with Gasteiger partial charge < -0.3 is 18.6 Å². The van der Waals surface area contributed by atoms with Crippen LogP contribution in [0.4, 0.5) is 0 Å². The molecule has 1 heterocycles. The van der Waals surface area contributed by atoms with Gasteiger partial charge in [0.25, 0.3) is 8.32 Å². The monoisotopic (exact) mass is 816 g/mol. The molecular weight excluding hydrogens is 763 g/mol. The van der Waals surface area contributed by atoms with Crippen LogP contribution < -0.4 is 15.1 Å². The van der Waals surface area contributed by atoms with E-state index in [0.717, 1.165) is 36.1 Å². The molecule has 3 aromatic rings. The van der Waals surface area contributed by atoms with Crippen molar-refractivity contribution in [3.8, 4) is 5.75 Å². The first-order valence-electron chi connectivity index (χ1n) is 18.1. The summed E-state index contributed by atoms with van der Waals surface area (Å²) in [4.78, 5) is 12.2. The number of halogens is 1. The van der Waals surface area contributed by atoms with Crippen LogP contribution in [0.5, 0.6) is 5.75 Å². The molecule has 0 radical (unpaired) electrons. The van der Waals surface area contributed by atoms with Crippen molar-refractivity contribution in [2.75, 3.05) is 6.61 Å². The summed E-state index contributed by atoms with van der Waals surface area (Å²) in [6.45, 7) is 17.6. The van der Waals surface area contributed by atoms with Crippen molar-refractivity contribution < 1.29 is 23.4 Å². The van der Waals surface area contributed by atoms with Gasteiger partial charge in [0.15, 0.2) is 0 Å². The Morgan fingerprint density at radius 3 is 2.18 bits per heavy atom.